The van der Waals surface area contributed by atoms with Crippen molar-refractivity contribution in [1.29, 1.82) is 5.41 Å². The third-order valence-corrected chi connectivity index (χ3v) is 4.52. The van der Waals surface area contributed by atoms with Crippen LogP contribution in [0.3, 0.4) is 0 Å². The molecular formula is C20H14F4N4OS. The van der Waals surface area contributed by atoms with Gasteiger partial charge < -0.3 is 5.41 Å². The summed E-state index contributed by atoms with van der Waals surface area (Å²) in [6.45, 7) is 0. The highest BCUT2D eigenvalue weighted by atomic mass is 32.2. The molecule has 0 saturated carbocycles. The van der Waals surface area contributed by atoms with Crippen LogP contribution in [0.25, 0.3) is 5.69 Å². The fourth-order valence-corrected chi connectivity index (χ4v) is 3.15. The average molecular weight is 434 g/mol. The van der Waals surface area contributed by atoms with Crippen molar-refractivity contribution in [2.24, 2.45) is 4.99 Å². The van der Waals surface area contributed by atoms with Crippen LogP contribution in [0.15, 0.2) is 75.5 Å². The largest absolute Gasteiger partial charge is 0.446 e. The van der Waals surface area contributed by atoms with Crippen molar-refractivity contribution < 1.29 is 17.6 Å². The highest BCUT2D eigenvalue weighted by Gasteiger charge is 2.29. The molecule has 5 nitrogen and oxygen atoms in total. The summed E-state index contributed by atoms with van der Waals surface area (Å²) < 4.78 is 53.2. The lowest BCUT2D eigenvalue weighted by Gasteiger charge is -2.11. The second kappa shape index (κ2) is 9.04. The van der Waals surface area contributed by atoms with Gasteiger partial charge in [-0.15, -0.1) is 0 Å². The van der Waals surface area contributed by atoms with E-state index in [1.165, 1.54) is 59.4 Å². The zero-order valence-corrected chi connectivity index (χ0v) is 16.0. The summed E-state index contributed by atoms with van der Waals surface area (Å²) in [4.78, 5) is 16.5. The van der Waals surface area contributed by atoms with E-state index >= 15 is 0 Å². The molecule has 1 N–H and O–H groups in total. The maximum absolute atomic E-state index is 14.0. The molecule has 0 amide bonds. The van der Waals surface area contributed by atoms with Crippen molar-refractivity contribution in [1.82, 2.24) is 9.78 Å². The Bertz CT molecular complexity index is 1160. The zero-order chi connectivity index (χ0) is 21.7. The quantitative estimate of drug-likeness (QED) is 0.332. The number of halogens is 4. The summed E-state index contributed by atoms with van der Waals surface area (Å²) in [7, 11) is 0. The molecule has 10 heteroatoms. The van der Waals surface area contributed by atoms with Crippen molar-refractivity contribution in [3.05, 3.63) is 82.5 Å². The molecule has 154 valence electrons. The number of hydrogen-bond donors (Lipinski definition) is 1. The molecule has 0 spiro atoms. The fourth-order valence-electron chi connectivity index (χ4n) is 2.55. The van der Waals surface area contributed by atoms with Crippen LogP contribution in [0, 0.1) is 11.2 Å². The minimum Gasteiger partial charge on any atom is -0.313 e. The number of nitrogens with one attached hydrogen (secondary N) is 1. The molecule has 1 heterocycles. The maximum Gasteiger partial charge on any atom is 0.446 e. The van der Waals surface area contributed by atoms with Crippen LogP contribution in [0.2, 0.25) is 0 Å². The van der Waals surface area contributed by atoms with Gasteiger partial charge in [-0.25, -0.2) is 14.1 Å². The molecule has 1 aromatic heterocycles. The standard InChI is InChI=1S/C20H14F4N4OS/c21-15-6-1-2-7-16(15)26-17(8-10-25)19-18(29)9-11-28(27-19)13-4-3-5-14(12-13)30-20(22,23)24/h1-7,9-12,25H,8H2. The molecule has 0 fully saturated rings. The molecule has 30 heavy (non-hydrogen) atoms. The molecule has 0 unspecified atom stereocenters. The molecule has 0 saturated heterocycles. The van der Waals surface area contributed by atoms with Crippen molar-refractivity contribution >= 4 is 29.4 Å². The Kier molecular flexibility index (Phi) is 6.46. The Labute approximate surface area is 172 Å². The maximum atomic E-state index is 14.0. The summed E-state index contributed by atoms with van der Waals surface area (Å²) in [5, 5.41) is 11.5. The van der Waals surface area contributed by atoms with Crippen molar-refractivity contribution in [3.63, 3.8) is 0 Å². The van der Waals surface area contributed by atoms with E-state index in [1.54, 1.807) is 6.07 Å². The van der Waals surface area contributed by atoms with Crippen LogP contribution in [-0.4, -0.2) is 27.2 Å². The van der Waals surface area contributed by atoms with E-state index in [2.05, 4.69) is 10.1 Å². The lowest BCUT2D eigenvalue weighted by atomic mass is 10.2. The first-order valence-corrected chi connectivity index (χ1v) is 9.36. The van der Waals surface area contributed by atoms with E-state index in [4.69, 9.17) is 5.41 Å². The third-order valence-electron chi connectivity index (χ3n) is 3.80. The molecular weight excluding hydrogens is 420 g/mol. The number of aliphatic imine (C=N–C) groups is 1. The van der Waals surface area contributed by atoms with Gasteiger partial charge >= 0.3 is 5.51 Å². The number of alkyl halides is 3. The predicted molar refractivity (Wildman–Crippen MR) is 108 cm³/mol. The van der Waals surface area contributed by atoms with Crippen molar-refractivity contribution in [3.8, 4) is 5.69 Å². The van der Waals surface area contributed by atoms with E-state index in [-0.39, 0.29) is 40.2 Å². The third kappa shape index (κ3) is 5.41. The first-order chi connectivity index (χ1) is 14.3. The van der Waals surface area contributed by atoms with Gasteiger partial charge in [-0.3, -0.25) is 4.79 Å². The number of rotatable bonds is 6. The van der Waals surface area contributed by atoms with Gasteiger partial charge in [0.1, 0.15) is 5.82 Å². The number of benzene rings is 2. The monoisotopic (exact) mass is 434 g/mol. The minimum atomic E-state index is -4.44. The normalized spacial score (nSPS) is 12.1. The number of nitrogens with zero attached hydrogens (tertiary/aromatic N) is 3. The smallest absolute Gasteiger partial charge is 0.313 e. The summed E-state index contributed by atoms with van der Waals surface area (Å²) in [5.74, 6) is -0.604. The van der Waals surface area contributed by atoms with Crippen molar-refractivity contribution in [2.75, 3.05) is 0 Å². The van der Waals surface area contributed by atoms with Gasteiger partial charge in [0, 0.05) is 29.8 Å². The highest BCUT2D eigenvalue weighted by Crippen LogP contribution is 2.37. The molecule has 0 atom stereocenters. The summed E-state index contributed by atoms with van der Waals surface area (Å²) in [6, 6.07) is 12.4. The number of aromatic nitrogens is 2. The lowest BCUT2D eigenvalue weighted by molar-refractivity contribution is -0.0328. The van der Waals surface area contributed by atoms with E-state index in [0.29, 0.717) is 5.69 Å². The summed E-state index contributed by atoms with van der Waals surface area (Å²) in [5.41, 5.74) is -4.73. The van der Waals surface area contributed by atoms with E-state index < -0.39 is 16.8 Å². The van der Waals surface area contributed by atoms with Crippen LogP contribution >= 0.6 is 11.8 Å². The summed E-state index contributed by atoms with van der Waals surface area (Å²) in [6.07, 6.45) is 2.23. The predicted octanol–water partition coefficient (Wildman–Crippen LogP) is 5.14. The van der Waals surface area contributed by atoms with Crippen LogP contribution in [0.5, 0.6) is 0 Å². The molecule has 0 aliphatic heterocycles. The highest BCUT2D eigenvalue weighted by molar-refractivity contribution is 8.00. The zero-order valence-electron chi connectivity index (χ0n) is 15.2. The number of thioether (sulfide) groups is 1. The van der Waals surface area contributed by atoms with Gasteiger partial charge in [0.2, 0.25) is 5.43 Å². The molecule has 0 radical (unpaired) electrons. The van der Waals surface area contributed by atoms with Gasteiger partial charge in [0.15, 0.2) is 5.69 Å². The first-order valence-electron chi connectivity index (χ1n) is 8.54. The van der Waals surface area contributed by atoms with E-state index in [1.807, 2.05) is 0 Å². The van der Waals surface area contributed by atoms with Crippen LogP contribution in [0.1, 0.15) is 12.1 Å². The Morgan fingerprint density at radius 3 is 2.63 bits per heavy atom. The SMILES string of the molecule is N=CCC(=Nc1ccccc1F)c1nn(-c2cccc(SC(F)(F)F)c2)ccc1=O. The Morgan fingerprint density at radius 1 is 1.17 bits per heavy atom. The van der Waals surface area contributed by atoms with Gasteiger partial charge in [-0.2, -0.15) is 18.3 Å². The Hall–Kier alpha value is -3.27. The van der Waals surface area contributed by atoms with E-state index in [9.17, 15) is 22.4 Å². The van der Waals surface area contributed by atoms with Gasteiger partial charge in [0.05, 0.1) is 17.1 Å². The van der Waals surface area contributed by atoms with Crippen LogP contribution in [0.4, 0.5) is 23.2 Å². The molecule has 3 rings (SSSR count). The Balaban J connectivity index is 2.06. The topological polar surface area (TPSA) is 71.1 Å². The second-order valence-corrected chi connectivity index (χ2v) is 7.07. The lowest BCUT2D eigenvalue weighted by Crippen LogP contribution is -2.21. The fraction of sp³-hybridized carbons (Fsp3) is 0.100. The van der Waals surface area contributed by atoms with Gasteiger partial charge in [0.25, 0.3) is 0 Å². The average Bonchev–Trinajstić information content (AvgIpc) is 2.68. The number of para-hydroxylation sites is 1. The minimum absolute atomic E-state index is 0.0190. The van der Waals surface area contributed by atoms with Crippen molar-refractivity contribution in [2.45, 2.75) is 16.8 Å². The van der Waals surface area contributed by atoms with Gasteiger partial charge in [-0.05, 0) is 42.1 Å². The van der Waals surface area contributed by atoms with Gasteiger partial charge in [-0.1, -0.05) is 18.2 Å². The summed E-state index contributed by atoms with van der Waals surface area (Å²) >= 11 is -0.263. The number of hydrogen-bond acceptors (Lipinski definition) is 5. The van der Waals surface area contributed by atoms with E-state index in [0.717, 1.165) is 6.21 Å². The Morgan fingerprint density at radius 2 is 1.93 bits per heavy atom. The van der Waals surface area contributed by atoms with Crippen LogP contribution < -0.4 is 5.43 Å². The second-order valence-electron chi connectivity index (χ2n) is 5.94. The molecule has 2 aromatic carbocycles. The molecule has 3 aromatic rings. The molecule has 0 aliphatic rings. The molecule has 0 bridgehead atoms. The van der Waals surface area contributed by atoms with Crippen LogP contribution in [-0.2, 0) is 0 Å². The first kappa shape index (κ1) is 21.4. The molecule has 0 aliphatic carbocycles.